The average molecular weight is 315 g/mol. The van der Waals surface area contributed by atoms with Crippen LogP contribution in [0.25, 0.3) is 0 Å². The van der Waals surface area contributed by atoms with Crippen LogP contribution in [0.1, 0.15) is 25.3 Å². The van der Waals surface area contributed by atoms with Crippen LogP contribution >= 0.6 is 23.2 Å². The standard InChI is InChI=1S/C15H16Cl2O3/c1-2-20-15(19)11-8-10(11)14(18)7-6-9-12(16)4-3-5-13(9)17/h3-5,10-11H,2,6-8H2,1H3/t10-,11-/m0/s1. The summed E-state index contributed by atoms with van der Waals surface area (Å²) in [5.74, 6) is -0.611. The Morgan fingerprint density at radius 1 is 1.25 bits per heavy atom. The van der Waals surface area contributed by atoms with E-state index in [1.165, 1.54) is 0 Å². The van der Waals surface area contributed by atoms with Crippen molar-refractivity contribution in [2.24, 2.45) is 11.8 Å². The SMILES string of the molecule is CCOC(=O)[C@H]1C[C@@H]1C(=O)CCc1c(Cl)cccc1Cl. The molecule has 1 saturated carbocycles. The highest BCUT2D eigenvalue weighted by molar-refractivity contribution is 6.36. The Morgan fingerprint density at radius 3 is 2.50 bits per heavy atom. The highest BCUT2D eigenvalue weighted by Gasteiger charge is 2.48. The Morgan fingerprint density at radius 2 is 1.90 bits per heavy atom. The second-order valence-electron chi connectivity index (χ2n) is 4.87. The fraction of sp³-hybridized carbons (Fsp3) is 0.467. The molecule has 1 aromatic rings. The molecule has 1 aliphatic carbocycles. The van der Waals surface area contributed by atoms with Gasteiger partial charge in [-0.1, -0.05) is 29.3 Å². The van der Waals surface area contributed by atoms with Gasteiger partial charge in [0.15, 0.2) is 0 Å². The van der Waals surface area contributed by atoms with Gasteiger partial charge in [0.1, 0.15) is 5.78 Å². The summed E-state index contributed by atoms with van der Waals surface area (Å²) >= 11 is 12.1. The molecule has 0 aliphatic heterocycles. The summed E-state index contributed by atoms with van der Waals surface area (Å²) < 4.78 is 4.91. The molecule has 1 aromatic carbocycles. The van der Waals surface area contributed by atoms with Crippen LogP contribution in [0.2, 0.25) is 10.0 Å². The fourth-order valence-corrected chi connectivity index (χ4v) is 2.85. The summed E-state index contributed by atoms with van der Waals surface area (Å²) in [5, 5.41) is 1.14. The normalized spacial score (nSPS) is 20.6. The first-order valence-corrected chi connectivity index (χ1v) is 7.42. The van der Waals surface area contributed by atoms with Crippen LogP contribution in [0.3, 0.4) is 0 Å². The van der Waals surface area contributed by atoms with Crippen LogP contribution < -0.4 is 0 Å². The molecule has 20 heavy (non-hydrogen) atoms. The van der Waals surface area contributed by atoms with Gasteiger partial charge in [0.2, 0.25) is 0 Å². The molecule has 2 rings (SSSR count). The lowest BCUT2D eigenvalue weighted by Crippen LogP contribution is -2.12. The Kier molecular flexibility index (Phi) is 5.06. The molecule has 0 amide bonds. The molecule has 0 saturated heterocycles. The van der Waals surface area contributed by atoms with E-state index in [1.54, 1.807) is 25.1 Å². The van der Waals surface area contributed by atoms with Crippen LogP contribution in [0.15, 0.2) is 18.2 Å². The second kappa shape index (κ2) is 6.59. The second-order valence-corrected chi connectivity index (χ2v) is 5.68. The molecule has 2 atom stereocenters. The van der Waals surface area contributed by atoms with E-state index >= 15 is 0 Å². The summed E-state index contributed by atoms with van der Waals surface area (Å²) in [6.07, 6.45) is 1.46. The number of benzene rings is 1. The molecule has 0 bridgehead atoms. The molecule has 0 spiro atoms. The molecule has 0 heterocycles. The summed E-state index contributed by atoms with van der Waals surface area (Å²) in [6, 6.07) is 5.28. The van der Waals surface area contributed by atoms with E-state index < -0.39 is 0 Å². The van der Waals surface area contributed by atoms with Crippen LogP contribution in [0.4, 0.5) is 0 Å². The zero-order valence-corrected chi connectivity index (χ0v) is 12.7. The maximum Gasteiger partial charge on any atom is 0.309 e. The fourth-order valence-electron chi connectivity index (χ4n) is 2.27. The van der Waals surface area contributed by atoms with Crippen molar-refractivity contribution in [3.05, 3.63) is 33.8 Å². The van der Waals surface area contributed by atoms with Crippen LogP contribution in [-0.2, 0) is 20.7 Å². The van der Waals surface area contributed by atoms with Crippen molar-refractivity contribution in [3.8, 4) is 0 Å². The van der Waals surface area contributed by atoms with Crippen molar-refractivity contribution in [2.75, 3.05) is 6.61 Å². The molecule has 1 aliphatic rings. The molecule has 0 unspecified atom stereocenters. The number of ketones is 1. The monoisotopic (exact) mass is 314 g/mol. The first-order chi connectivity index (χ1) is 9.54. The predicted octanol–water partition coefficient (Wildman–Crippen LogP) is 3.69. The lowest BCUT2D eigenvalue weighted by atomic mass is 10.0. The first-order valence-electron chi connectivity index (χ1n) is 6.66. The van der Waals surface area contributed by atoms with Crippen LogP contribution in [0, 0.1) is 11.8 Å². The Bertz CT molecular complexity index is 508. The van der Waals surface area contributed by atoms with Gasteiger partial charge in [0.05, 0.1) is 12.5 Å². The zero-order chi connectivity index (χ0) is 14.7. The Balaban J connectivity index is 1.87. The molecule has 5 heteroatoms. The number of Topliss-reactive ketones (excluding diaryl/α,β-unsaturated/α-hetero) is 1. The Hall–Kier alpha value is -1.06. The quantitative estimate of drug-likeness (QED) is 0.752. The van der Waals surface area contributed by atoms with E-state index in [1.807, 2.05) is 0 Å². The van der Waals surface area contributed by atoms with Gasteiger partial charge < -0.3 is 4.74 Å². The number of carbonyl (C=O) groups is 2. The van der Waals surface area contributed by atoms with E-state index in [0.717, 1.165) is 5.56 Å². The van der Waals surface area contributed by atoms with Crippen molar-refractivity contribution in [1.82, 2.24) is 0 Å². The van der Waals surface area contributed by atoms with Crippen molar-refractivity contribution in [2.45, 2.75) is 26.2 Å². The first kappa shape index (κ1) is 15.3. The third kappa shape index (κ3) is 3.53. The lowest BCUT2D eigenvalue weighted by molar-refractivity contribution is -0.145. The van der Waals surface area contributed by atoms with Gasteiger partial charge in [-0.15, -0.1) is 0 Å². The zero-order valence-electron chi connectivity index (χ0n) is 11.2. The van der Waals surface area contributed by atoms with E-state index in [9.17, 15) is 9.59 Å². The molecule has 0 aromatic heterocycles. The van der Waals surface area contributed by atoms with Gasteiger partial charge in [-0.3, -0.25) is 9.59 Å². The summed E-state index contributed by atoms with van der Waals surface area (Å²) in [7, 11) is 0. The molecule has 3 nitrogen and oxygen atoms in total. The van der Waals surface area contributed by atoms with E-state index in [4.69, 9.17) is 27.9 Å². The minimum atomic E-state index is -0.262. The van der Waals surface area contributed by atoms with Gasteiger partial charge in [-0.05, 0) is 37.5 Å². The van der Waals surface area contributed by atoms with Gasteiger partial charge >= 0.3 is 5.97 Å². The number of hydrogen-bond donors (Lipinski definition) is 0. The van der Waals surface area contributed by atoms with Gasteiger partial charge in [-0.2, -0.15) is 0 Å². The van der Waals surface area contributed by atoms with Gasteiger partial charge in [-0.25, -0.2) is 0 Å². The highest BCUT2D eigenvalue weighted by Crippen LogP contribution is 2.41. The van der Waals surface area contributed by atoms with Gasteiger partial charge in [0.25, 0.3) is 0 Å². The van der Waals surface area contributed by atoms with E-state index in [2.05, 4.69) is 0 Å². The van der Waals surface area contributed by atoms with Crippen molar-refractivity contribution in [3.63, 3.8) is 0 Å². The molecule has 108 valence electrons. The lowest BCUT2D eigenvalue weighted by Gasteiger charge is -2.06. The molecule has 0 N–H and O–H groups in total. The third-order valence-electron chi connectivity index (χ3n) is 3.48. The summed E-state index contributed by atoms with van der Waals surface area (Å²) in [4.78, 5) is 23.5. The van der Waals surface area contributed by atoms with Gasteiger partial charge in [0, 0.05) is 22.4 Å². The number of rotatable bonds is 6. The number of ether oxygens (including phenoxy) is 1. The number of hydrogen-bond acceptors (Lipinski definition) is 3. The Labute approximate surface area is 128 Å². The van der Waals surface area contributed by atoms with Crippen molar-refractivity contribution in [1.29, 1.82) is 0 Å². The minimum absolute atomic E-state index is 0.0824. The maximum absolute atomic E-state index is 12.0. The van der Waals surface area contributed by atoms with E-state index in [0.29, 0.717) is 35.9 Å². The topological polar surface area (TPSA) is 43.4 Å². The smallest absolute Gasteiger partial charge is 0.309 e. The number of carbonyl (C=O) groups excluding carboxylic acids is 2. The number of esters is 1. The van der Waals surface area contributed by atoms with Crippen molar-refractivity contribution < 1.29 is 14.3 Å². The molecule has 1 fully saturated rings. The van der Waals surface area contributed by atoms with Crippen LogP contribution in [-0.4, -0.2) is 18.4 Å². The summed E-state index contributed by atoms with van der Waals surface area (Å²) in [5.41, 5.74) is 0.789. The highest BCUT2D eigenvalue weighted by atomic mass is 35.5. The largest absolute Gasteiger partial charge is 0.466 e. The number of halogens is 2. The average Bonchev–Trinajstić information content (AvgIpc) is 3.18. The molecular weight excluding hydrogens is 299 g/mol. The minimum Gasteiger partial charge on any atom is -0.466 e. The third-order valence-corrected chi connectivity index (χ3v) is 4.18. The van der Waals surface area contributed by atoms with Crippen molar-refractivity contribution >= 4 is 35.0 Å². The summed E-state index contributed by atoms with van der Waals surface area (Å²) in [6.45, 7) is 2.11. The molecular formula is C15H16Cl2O3. The molecule has 0 radical (unpaired) electrons. The maximum atomic E-state index is 12.0. The van der Waals surface area contributed by atoms with Crippen LogP contribution in [0.5, 0.6) is 0 Å². The van der Waals surface area contributed by atoms with E-state index in [-0.39, 0.29) is 23.6 Å². The predicted molar refractivity (Wildman–Crippen MR) is 78.0 cm³/mol.